The van der Waals surface area contributed by atoms with Crippen molar-refractivity contribution in [3.05, 3.63) is 52.5 Å². The Kier molecular flexibility index (Phi) is 4.51. The topological polar surface area (TPSA) is 93.7 Å². The molecule has 0 unspecified atom stereocenters. The molecule has 0 spiro atoms. The van der Waals surface area contributed by atoms with Crippen molar-refractivity contribution in [3.63, 3.8) is 0 Å². The Hall–Kier alpha value is -2.35. The zero-order chi connectivity index (χ0) is 16.3. The summed E-state index contributed by atoms with van der Waals surface area (Å²) in [5.74, 6) is 0. The summed E-state index contributed by atoms with van der Waals surface area (Å²) in [6.45, 7) is 2.84. The zero-order valence-corrected chi connectivity index (χ0v) is 13.0. The number of anilines is 1. The molecule has 1 heterocycles. The molecule has 0 amide bonds. The lowest BCUT2D eigenvalue weighted by Crippen LogP contribution is -2.22. The summed E-state index contributed by atoms with van der Waals surface area (Å²) >= 11 is 0. The molecule has 0 N–H and O–H groups in total. The Morgan fingerprint density at radius 3 is 2.55 bits per heavy atom. The molecule has 118 valence electrons. The summed E-state index contributed by atoms with van der Waals surface area (Å²) < 4.78 is 28.1. The summed E-state index contributed by atoms with van der Waals surface area (Å²) in [6.07, 6.45) is 4.12. The van der Waals surface area contributed by atoms with Crippen molar-refractivity contribution in [2.45, 2.75) is 18.4 Å². The standard InChI is InChI=1S/C14H16N2O5S/c1-3-15(9-11-6-7-21-10-11)13-5-4-12(22(2,19)20)8-14(13)16(17)18/h4-8,10H,3,9H2,1-2H3. The van der Waals surface area contributed by atoms with Gasteiger partial charge in [0.05, 0.1) is 22.3 Å². The predicted octanol–water partition coefficient (Wildman–Crippen LogP) is 2.62. The lowest BCUT2D eigenvalue weighted by Gasteiger charge is -2.22. The van der Waals surface area contributed by atoms with Gasteiger partial charge in [-0.05, 0) is 25.1 Å². The van der Waals surface area contributed by atoms with Crippen molar-refractivity contribution in [2.24, 2.45) is 0 Å². The molecule has 0 radical (unpaired) electrons. The highest BCUT2D eigenvalue weighted by Gasteiger charge is 2.22. The SMILES string of the molecule is CCN(Cc1ccoc1)c1ccc(S(C)(=O)=O)cc1[N+](=O)[O-]. The first kappa shape index (κ1) is 16.0. The number of hydrogen-bond acceptors (Lipinski definition) is 6. The maximum atomic E-state index is 11.6. The minimum atomic E-state index is -3.50. The fraction of sp³-hybridized carbons (Fsp3) is 0.286. The number of benzene rings is 1. The van der Waals surface area contributed by atoms with Crippen LogP contribution in [0.4, 0.5) is 11.4 Å². The predicted molar refractivity (Wildman–Crippen MR) is 81.6 cm³/mol. The smallest absolute Gasteiger partial charge is 0.293 e. The van der Waals surface area contributed by atoms with Gasteiger partial charge in [-0.2, -0.15) is 0 Å². The molecule has 1 aromatic carbocycles. The molecule has 0 saturated heterocycles. The molecule has 8 heteroatoms. The van der Waals surface area contributed by atoms with Crippen LogP contribution in [0.25, 0.3) is 0 Å². The van der Waals surface area contributed by atoms with Crippen LogP contribution in [0.2, 0.25) is 0 Å². The van der Waals surface area contributed by atoms with Crippen LogP contribution in [0.15, 0.2) is 46.1 Å². The van der Waals surface area contributed by atoms with Gasteiger partial charge in [0.25, 0.3) is 5.69 Å². The van der Waals surface area contributed by atoms with Gasteiger partial charge in [-0.3, -0.25) is 10.1 Å². The van der Waals surface area contributed by atoms with E-state index in [9.17, 15) is 18.5 Å². The summed E-state index contributed by atoms with van der Waals surface area (Å²) in [4.78, 5) is 12.4. The second-order valence-electron chi connectivity index (χ2n) is 4.83. The van der Waals surface area contributed by atoms with Gasteiger partial charge in [0.2, 0.25) is 0 Å². The Morgan fingerprint density at radius 2 is 2.05 bits per heavy atom. The Balaban J connectivity index is 2.46. The highest BCUT2D eigenvalue weighted by Crippen LogP contribution is 2.31. The molecule has 2 rings (SSSR count). The highest BCUT2D eigenvalue weighted by atomic mass is 32.2. The molecule has 0 bridgehead atoms. The zero-order valence-electron chi connectivity index (χ0n) is 12.2. The average molecular weight is 324 g/mol. The van der Waals surface area contributed by atoms with Crippen LogP contribution in [0, 0.1) is 10.1 Å². The fourth-order valence-electron chi connectivity index (χ4n) is 2.12. The van der Waals surface area contributed by atoms with E-state index in [-0.39, 0.29) is 10.6 Å². The number of hydrogen-bond donors (Lipinski definition) is 0. The van der Waals surface area contributed by atoms with Gasteiger partial charge in [-0.25, -0.2) is 8.42 Å². The van der Waals surface area contributed by atoms with E-state index >= 15 is 0 Å². The van der Waals surface area contributed by atoms with E-state index in [1.165, 1.54) is 18.4 Å². The van der Waals surface area contributed by atoms with Crippen LogP contribution in [-0.4, -0.2) is 26.1 Å². The maximum Gasteiger partial charge on any atom is 0.293 e. The van der Waals surface area contributed by atoms with E-state index < -0.39 is 14.8 Å². The van der Waals surface area contributed by atoms with Crippen molar-refractivity contribution in [1.82, 2.24) is 0 Å². The van der Waals surface area contributed by atoms with Crippen LogP contribution in [0.5, 0.6) is 0 Å². The number of sulfone groups is 1. The fourth-order valence-corrected chi connectivity index (χ4v) is 2.76. The molecular weight excluding hydrogens is 308 g/mol. The van der Waals surface area contributed by atoms with Crippen LogP contribution < -0.4 is 4.90 Å². The summed E-state index contributed by atoms with van der Waals surface area (Å²) in [7, 11) is -3.50. The normalized spacial score (nSPS) is 11.4. The lowest BCUT2D eigenvalue weighted by molar-refractivity contribution is -0.384. The number of nitrogens with zero attached hydrogens (tertiary/aromatic N) is 2. The van der Waals surface area contributed by atoms with Crippen LogP contribution in [-0.2, 0) is 16.4 Å². The van der Waals surface area contributed by atoms with E-state index in [0.717, 1.165) is 17.9 Å². The van der Waals surface area contributed by atoms with Crippen LogP contribution in [0.1, 0.15) is 12.5 Å². The average Bonchev–Trinajstić information content (AvgIpc) is 2.96. The molecule has 1 aromatic heterocycles. The van der Waals surface area contributed by atoms with E-state index in [1.807, 2.05) is 6.92 Å². The Bertz CT molecular complexity index is 769. The molecule has 0 aliphatic carbocycles. The molecule has 7 nitrogen and oxygen atoms in total. The van der Waals surface area contributed by atoms with Gasteiger partial charge >= 0.3 is 0 Å². The Labute approximate surface area is 128 Å². The number of nitro groups is 1. The van der Waals surface area contributed by atoms with Gasteiger partial charge < -0.3 is 9.32 Å². The second kappa shape index (κ2) is 6.18. The van der Waals surface area contributed by atoms with Gasteiger partial charge in [0.1, 0.15) is 5.69 Å². The first-order chi connectivity index (χ1) is 10.3. The third-order valence-electron chi connectivity index (χ3n) is 3.25. The molecule has 2 aromatic rings. The number of furan rings is 1. The van der Waals surface area contributed by atoms with Gasteiger partial charge in [-0.15, -0.1) is 0 Å². The minimum Gasteiger partial charge on any atom is -0.472 e. The molecule has 22 heavy (non-hydrogen) atoms. The molecule has 0 aliphatic rings. The van der Waals surface area contributed by atoms with Gasteiger partial charge in [0.15, 0.2) is 9.84 Å². The quantitative estimate of drug-likeness (QED) is 0.599. The van der Waals surface area contributed by atoms with Crippen molar-refractivity contribution in [3.8, 4) is 0 Å². The maximum absolute atomic E-state index is 11.6. The minimum absolute atomic E-state index is 0.0673. The molecule has 0 fully saturated rings. The van der Waals surface area contributed by atoms with Crippen molar-refractivity contribution in [1.29, 1.82) is 0 Å². The van der Waals surface area contributed by atoms with E-state index in [1.54, 1.807) is 17.2 Å². The van der Waals surface area contributed by atoms with Gasteiger partial charge in [0, 0.05) is 31.0 Å². The Morgan fingerprint density at radius 1 is 1.32 bits per heavy atom. The van der Waals surface area contributed by atoms with Crippen LogP contribution >= 0.6 is 0 Å². The van der Waals surface area contributed by atoms with E-state index in [2.05, 4.69) is 0 Å². The highest BCUT2D eigenvalue weighted by molar-refractivity contribution is 7.90. The van der Waals surface area contributed by atoms with Crippen molar-refractivity contribution in [2.75, 3.05) is 17.7 Å². The molecule has 0 atom stereocenters. The van der Waals surface area contributed by atoms with E-state index in [0.29, 0.717) is 18.8 Å². The van der Waals surface area contributed by atoms with Crippen LogP contribution in [0.3, 0.4) is 0 Å². The first-order valence-corrected chi connectivity index (χ1v) is 8.46. The monoisotopic (exact) mass is 324 g/mol. The number of nitro benzene ring substituents is 1. The number of rotatable bonds is 6. The molecule has 0 saturated carbocycles. The summed E-state index contributed by atoms with van der Waals surface area (Å²) in [5, 5.41) is 11.3. The van der Waals surface area contributed by atoms with E-state index in [4.69, 9.17) is 4.42 Å². The van der Waals surface area contributed by atoms with Crippen molar-refractivity contribution >= 4 is 21.2 Å². The second-order valence-corrected chi connectivity index (χ2v) is 6.84. The third kappa shape index (κ3) is 3.45. The largest absolute Gasteiger partial charge is 0.472 e. The third-order valence-corrected chi connectivity index (χ3v) is 4.36. The van der Waals surface area contributed by atoms with Crippen molar-refractivity contribution < 1.29 is 17.8 Å². The first-order valence-electron chi connectivity index (χ1n) is 6.57. The molecule has 0 aliphatic heterocycles. The summed E-state index contributed by atoms with van der Waals surface area (Å²) in [5.41, 5.74) is 1.03. The van der Waals surface area contributed by atoms with Gasteiger partial charge in [-0.1, -0.05) is 0 Å². The molecular formula is C14H16N2O5S. The lowest BCUT2D eigenvalue weighted by atomic mass is 10.2. The summed E-state index contributed by atoms with van der Waals surface area (Å²) in [6, 6.07) is 5.73.